The minimum Gasteiger partial charge on any atom is -0.301 e. The van der Waals surface area contributed by atoms with Crippen molar-refractivity contribution in [2.45, 2.75) is 33.4 Å². The molecule has 0 spiro atoms. The summed E-state index contributed by atoms with van der Waals surface area (Å²) in [5.74, 6) is 0. The largest absolute Gasteiger partial charge is 0.301 e. The maximum absolute atomic E-state index is 3.45. The van der Waals surface area contributed by atoms with Gasteiger partial charge in [-0.25, -0.2) is 0 Å². The van der Waals surface area contributed by atoms with Crippen molar-refractivity contribution < 1.29 is 0 Å². The Balaban J connectivity index is 2.31. The van der Waals surface area contributed by atoms with E-state index in [1.54, 1.807) is 0 Å². The SMILES string of the molecule is CCC1NCC(C)(C)CN1. The Morgan fingerprint density at radius 2 is 1.80 bits per heavy atom. The molecule has 0 aromatic carbocycles. The van der Waals surface area contributed by atoms with Gasteiger partial charge in [-0.05, 0) is 11.8 Å². The van der Waals surface area contributed by atoms with Crippen LogP contribution >= 0.6 is 0 Å². The Morgan fingerprint density at radius 1 is 1.30 bits per heavy atom. The van der Waals surface area contributed by atoms with E-state index in [0.717, 1.165) is 13.1 Å². The molecule has 1 fully saturated rings. The molecule has 0 bridgehead atoms. The van der Waals surface area contributed by atoms with Crippen LogP contribution in [0.1, 0.15) is 27.2 Å². The highest BCUT2D eigenvalue weighted by Gasteiger charge is 2.24. The zero-order valence-corrected chi connectivity index (χ0v) is 7.20. The van der Waals surface area contributed by atoms with E-state index in [0.29, 0.717) is 11.6 Å². The molecule has 0 aliphatic carbocycles. The number of hydrogen-bond donors (Lipinski definition) is 2. The summed E-state index contributed by atoms with van der Waals surface area (Å²) in [5.41, 5.74) is 0.436. The molecule has 10 heavy (non-hydrogen) atoms. The first-order valence-electron chi connectivity index (χ1n) is 4.11. The molecule has 1 heterocycles. The Bertz CT molecular complexity index is 99.8. The van der Waals surface area contributed by atoms with Crippen LogP contribution in [0.3, 0.4) is 0 Å². The van der Waals surface area contributed by atoms with Gasteiger partial charge in [-0.2, -0.15) is 0 Å². The van der Waals surface area contributed by atoms with Crippen molar-refractivity contribution in [3.8, 4) is 0 Å². The molecule has 0 atom stereocenters. The van der Waals surface area contributed by atoms with Gasteiger partial charge in [-0.1, -0.05) is 20.8 Å². The lowest BCUT2D eigenvalue weighted by atomic mass is 9.91. The summed E-state index contributed by atoms with van der Waals surface area (Å²) in [6.45, 7) is 9.03. The lowest BCUT2D eigenvalue weighted by Gasteiger charge is -2.36. The Labute approximate surface area is 63.4 Å². The first-order chi connectivity index (χ1) is 4.64. The topological polar surface area (TPSA) is 24.1 Å². The van der Waals surface area contributed by atoms with Crippen LogP contribution in [0.15, 0.2) is 0 Å². The Hall–Kier alpha value is -0.0800. The highest BCUT2D eigenvalue weighted by atomic mass is 15.2. The first kappa shape index (κ1) is 8.02. The average Bonchev–Trinajstić information content (AvgIpc) is 1.88. The minimum atomic E-state index is 0.436. The molecule has 1 aliphatic rings. The van der Waals surface area contributed by atoms with Crippen LogP contribution in [0, 0.1) is 5.41 Å². The first-order valence-corrected chi connectivity index (χ1v) is 4.11. The molecule has 2 nitrogen and oxygen atoms in total. The van der Waals surface area contributed by atoms with E-state index >= 15 is 0 Å². The average molecular weight is 142 g/mol. The molecule has 0 unspecified atom stereocenters. The summed E-state index contributed by atoms with van der Waals surface area (Å²) in [4.78, 5) is 0. The predicted octanol–water partition coefficient (Wildman–Crippen LogP) is 0.941. The van der Waals surface area contributed by atoms with Crippen LogP contribution in [0.25, 0.3) is 0 Å². The van der Waals surface area contributed by atoms with Crippen LogP contribution in [0.4, 0.5) is 0 Å². The van der Waals surface area contributed by atoms with E-state index in [4.69, 9.17) is 0 Å². The van der Waals surface area contributed by atoms with Crippen molar-refractivity contribution in [3.05, 3.63) is 0 Å². The predicted molar refractivity (Wildman–Crippen MR) is 43.9 cm³/mol. The zero-order chi connectivity index (χ0) is 7.61. The smallest absolute Gasteiger partial charge is 0.0569 e. The van der Waals surface area contributed by atoms with E-state index in [1.807, 2.05) is 0 Å². The maximum Gasteiger partial charge on any atom is 0.0569 e. The van der Waals surface area contributed by atoms with E-state index in [2.05, 4.69) is 31.4 Å². The number of nitrogens with one attached hydrogen (secondary N) is 2. The third-order valence-electron chi connectivity index (χ3n) is 2.06. The molecule has 1 rings (SSSR count). The summed E-state index contributed by atoms with van der Waals surface area (Å²) in [6.07, 6.45) is 1.73. The minimum absolute atomic E-state index is 0.436. The van der Waals surface area contributed by atoms with Gasteiger partial charge in [0.05, 0.1) is 6.17 Å². The standard InChI is InChI=1S/C8H18N2/c1-4-7-9-5-8(2,3)6-10-7/h7,9-10H,4-6H2,1-3H3. The zero-order valence-electron chi connectivity index (χ0n) is 7.20. The normalized spacial score (nSPS) is 26.7. The molecular weight excluding hydrogens is 124 g/mol. The van der Waals surface area contributed by atoms with Crippen molar-refractivity contribution in [1.29, 1.82) is 0 Å². The van der Waals surface area contributed by atoms with Crippen LogP contribution < -0.4 is 10.6 Å². The van der Waals surface area contributed by atoms with Gasteiger partial charge in [0.1, 0.15) is 0 Å². The van der Waals surface area contributed by atoms with Crippen molar-refractivity contribution in [2.24, 2.45) is 5.41 Å². The maximum atomic E-state index is 3.45. The fraction of sp³-hybridized carbons (Fsp3) is 1.00. The summed E-state index contributed by atoms with van der Waals surface area (Å²) in [7, 11) is 0. The van der Waals surface area contributed by atoms with E-state index in [1.165, 1.54) is 6.42 Å². The molecule has 0 saturated carbocycles. The fourth-order valence-corrected chi connectivity index (χ4v) is 1.22. The summed E-state index contributed by atoms with van der Waals surface area (Å²) < 4.78 is 0. The van der Waals surface area contributed by atoms with Crippen molar-refractivity contribution in [1.82, 2.24) is 10.6 Å². The van der Waals surface area contributed by atoms with Gasteiger partial charge in [0, 0.05) is 13.1 Å². The monoisotopic (exact) mass is 142 g/mol. The molecule has 0 radical (unpaired) electrons. The molecule has 2 N–H and O–H groups in total. The summed E-state index contributed by atoms with van der Waals surface area (Å²) in [5, 5.41) is 6.90. The molecular formula is C8H18N2. The Kier molecular flexibility index (Phi) is 2.32. The van der Waals surface area contributed by atoms with Gasteiger partial charge in [0.15, 0.2) is 0 Å². The molecule has 0 aromatic rings. The van der Waals surface area contributed by atoms with Crippen LogP contribution in [0.5, 0.6) is 0 Å². The van der Waals surface area contributed by atoms with Crippen molar-refractivity contribution >= 4 is 0 Å². The van der Waals surface area contributed by atoms with Gasteiger partial charge < -0.3 is 10.6 Å². The number of hydrogen-bond acceptors (Lipinski definition) is 2. The van der Waals surface area contributed by atoms with Gasteiger partial charge in [0.25, 0.3) is 0 Å². The van der Waals surface area contributed by atoms with E-state index in [9.17, 15) is 0 Å². The molecule has 2 heteroatoms. The third-order valence-corrected chi connectivity index (χ3v) is 2.06. The highest BCUT2D eigenvalue weighted by Crippen LogP contribution is 2.15. The molecule has 60 valence electrons. The quantitative estimate of drug-likeness (QED) is 0.569. The fourth-order valence-electron chi connectivity index (χ4n) is 1.22. The van der Waals surface area contributed by atoms with Gasteiger partial charge in [-0.3, -0.25) is 0 Å². The highest BCUT2D eigenvalue weighted by molar-refractivity contribution is 4.82. The third kappa shape index (κ3) is 1.96. The molecule has 1 saturated heterocycles. The van der Waals surface area contributed by atoms with E-state index < -0.39 is 0 Å². The molecule has 0 amide bonds. The second-order valence-corrected chi connectivity index (χ2v) is 3.89. The molecule has 0 aromatic heterocycles. The second-order valence-electron chi connectivity index (χ2n) is 3.89. The summed E-state index contributed by atoms with van der Waals surface area (Å²) >= 11 is 0. The Morgan fingerprint density at radius 3 is 2.20 bits per heavy atom. The van der Waals surface area contributed by atoms with Crippen molar-refractivity contribution in [2.75, 3.05) is 13.1 Å². The van der Waals surface area contributed by atoms with Gasteiger partial charge in [0.2, 0.25) is 0 Å². The van der Waals surface area contributed by atoms with Crippen LogP contribution in [0.2, 0.25) is 0 Å². The lowest BCUT2D eigenvalue weighted by molar-refractivity contribution is 0.215. The van der Waals surface area contributed by atoms with E-state index in [-0.39, 0.29) is 0 Å². The van der Waals surface area contributed by atoms with Crippen LogP contribution in [-0.4, -0.2) is 19.3 Å². The second kappa shape index (κ2) is 2.89. The molecule has 1 aliphatic heterocycles. The lowest BCUT2D eigenvalue weighted by Crippen LogP contribution is -2.55. The van der Waals surface area contributed by atoms with Crippen LogP contribution in [-0.2, 0) is 0 Å². The van der Waals surface area contributed by atoms with Gasteiger partial charge >= 0.3 is 0 Å². The number of rotatable bonds is 1. The van der Waals surface area contributed by atoms with Gasteiger partial charge in [-0.15, -0.1) is 0 Å². The summed E-state index contributed by atoms with van der Waals surface area (Å²) in [6, 6.07) is 0. The van der Waals surface area contributed by atoms with Crippen molar-refractivity contribution in [3.63, 3.8) is 0 Å².